The van der Waals surface area contributed by atoms with Gasteiger partial charge in [0.1, 0.15) is 0 Å². The summed E-state index contributed by atoms with van der Waals surface area (Å²) in [6, 6.07) is 0. The van der Waals surface area contributed by atoms with Crippen molar-refractivity contribution in [1.29, 1.82) is 0 Å². The molecule has 44 valence electrons. The Balaban J connectivity index is 3.54. The lowest BCUT2D eigenvalue weighted by molar-refractivity contribution is 0.0431. The molecule has 0 bridgehead atoms. The van der Waals surface area contributed by atoms with Gasteiger partial charge in [-0.2, -0.15) is 0 Å². The second kappa shape index (κ2) is 2.03. The zero-order valence-electron chi connectivity index (χ0n) is 3.59. The Morgan fingerprint density at radius 3 is 1.71 bits per heavy atom. The molecule has 0 saturated carbocycles. The van der Waals surface area contributed by atoms with Crippen LogP contribution >= 0.6 is 15.9 Å². The molecule has 1 unspecified atom stereocenters. The van der Waals surface area contributed by atoms with Crippen LogP contribution in [0.4, 0.5) is 13.2 Å². The highest BCUT2D eigenvalue weighted by atomic mass is 79.9. The molecule has 0 heterocycles. The van der Waals surface area contributed by atoms with Gasteiger partial charge in [0.25, 0.3) is 6.43 Å². The quantitative estimate of drug-likeness (QED) is 0.539. The van der Waals surface area contributed by atoms with Crippen molar-refractivity contribution in [2.75, 3.05) is 0 Å². The molecule has 0 rings (SSSR count). The van der Waals surface area contributed by atoms with E-state index in [2.05, 4.69) is 15.9 Å². The van der Waals surface area contributed by atoms with Crippen molar-refractivity contribution in [2.45, 2.75) is 17.9 Å². The molecule has 0 aromatic carbocycles. The lowest BCUT2D eigenvalue weighted by atomic mass is 10.5. The molecule has 0 aliphatic rings. The van der Waals surface area contributed by atoms with Crippen LogP contribution in [0.25, 0.3) is 0 Å². The smallest absolute Gasteiger partial charge is 0.225 e. The number of rotatable bonds is 1. The molecule has 4 heteroatoms. The van der Waals surface area contributed by atoms with Crippen molar-refractivity contribution in [3.8, 4) is 0 Å². The number of halogens is 4. The van der Waals surface area contributed by atoms with E-state index in [1.165, 1.54) is 0 Å². The van der Waals surface area contributed by atoms with Crippen LogP contribution in [-0.4, -0.2) is 11.0 Å². The fraction of sp³-hybridized carbons (Fsp3) is 1.00. The fourth-order valence-corrected chi connectivity index (χ4v) is 0. The monoisotopic (exact) mass is 176 g/mol. The van der Waals surface area contributed by atoms with Crippen LogP contribution in [0.15, 0.2) is 0 Å². The summed E-state index contributed by atoms with van der Waals surface area (Å²) in [6.45, 7) is 0.762. The highest BCUT2D eigenvalue weighted by molar-refractivity contribution is 9.10. The molecular formula is C3H4BrF3. The normalized spacial score (nSPS) is 19.7. The SMILES string of the molecule is CC(F)(Br)C(F)F. The van der Waals surface area contributed by atoms with Crippen LogP contribution < -0.4 is 0 Å². The first kappa shape index (κ1) is 7.27. The van der Waals surface area contributed by atoms with Crippen molar-refractivity contribution in [3.05, 3.63) is 0 Å². The predicted molar refractivity (Wildman–Crippen MR) is 24.4 cm³/mol. The summed E-state index contributed by atoms with van der Waals surface area (Å²) < 4.78 is 31.4. The van der Waals surface area contributed by atoms with Crippen LogP contribution in [0.5, 0.6) is 0 Å². The van der Waals surface area contributed by atoms with E-state index >= 15 is 0 Å². The minimum absolute atomic E-state index is 0.762. The largest absolute Gasteiger partial charge is 0.281 e. The van der Waals surface area contributed by atoms with Gasteiger partial charge in [-0.25, -0.2) is 13.2 Å². The fourth-order valence-electron chi connectivity index (χ4n) is 0. The second-order valence-corrected chi connectivity index (χ2v) is 2.81. The van der Waals surface area contributed by atoms with E-state index in [0.717, 1.165) is 6.92 Å². The Morgan fingerprint density at radius 2 is 1.71 bits per heavy atom. The molecule has 0 amide bonds. The molecule has 0 N–H and O–H groups in total. The average Bonchev–Trinajstić information content (AvgIpc) is 1.31. The highest BCUT2D eigenvalue weighted by Gasteiger charge is 2.30. The topological polar surface area (TPSA) is 0 Å². The van der Waals surface area contributed by atoms with Gasteiger partial charge in [-0.1, -0.05) is 0 Å². The third kappa shape index (κ3) is 2.91. The third-order valence-corrected chi connectivity index (χ3v) is 0.729. The van der Waals surface area contributed by atoms with Crippen molar-refractivity contribution >= 4 is 15.9 Å². The highest BCUT2D eigenvalue weighted by Crippen LogP contribution is 2.26. The molecule has 0 aliphatic carbocycles. The molecular weight excluding hydrogens is 173 g/mol. The summed E-state index contributed by atoms with van der Waals surface area (Å²) in [5, 5.41) is 0. The number of alkyl halides is 4. The van der Waals surface area contributed by atoms with Crippen molar-refractivity contribution in [2.24, 2.45) is 0 Å². The molecule has 1 atom stereocenters. The van der Waals surface area contributed by atoms with Crippen LogP contribution in [0.2, 0.25) is 0 Å². The van der Waals surface area contributed by atoms with E-state index in [4.69, 9.17) is 0 Å². The molecule has 0 spiro atoms. The molecule has 0 aromatic rings. The van der Waals surface area contributed by atoms with Crippen LogP contribution in [-0.2, 0) is 0 Å². The first-order valence-corrected chi connectivity index (χ1v) is 2.40. The maximum Gasteiger partial charge on any atom is 0.281 e. The lowest BCUT2D eigenvalue weighted by Crippen LogP contribution is -2.18. The molecule has 0 radical (unpaired) electrons. The van der Waals surface area contributed by atoms with Crippen molar-refractivity contribution in [1.82, 2.24) is 0 Å². The Labute approximate surface area is 47.8 Å². The zero-order chi connectivity index (χ0) is 6.08. The maximum absolute atomic E-state index is 11.7. The van der Waals surface area contributed by atoms with E-state index < -0.39 is 11.0 Å². The van der Waals surface area contributed by atoms with Gasteiger partial charge in [0.05, 0.1) is 0 Å². The van der Waals surface area contributed by atoms with E-state index in [0.29, 0.717) is 0 Å². The van der Waals surface area contributed by atoms with E-state index in [1.807, 2.05) is 0 Å². The van der Waals surface area contributed by atoms with E-state index in [9.17, 15) is 13.2 Å². The van der Waals surface area contributed by atoms with Crippen molar-refractivity contribution < 1.29 is 13.2 Å². The molecule has 0 aliphatic heterocycles. The summed E-state index contributed by atoms with van der Waals surface area (Å²) in [4.78, 5) is 0. The third-order valence-electron chi connectivity index (χ3n) is 0.383. The summed E-state index contributed by atoms with van der Waals surface area (Å²) in [6.07, 6.45) is -2.95. The summed E-state index contributed by atoms with van der Waals surface area (Å²) in [5.41, 5.74) is 0. The second-order valence-electron chi connectivity index (χ2n) is 1.26. The van der Waals surface area contributed by atoms with Crippen molar-refractivity contribution in [3.63, 3.8) is 0 Å². The number of hydrogen-bond acceptors (Lipinski definition) is 0. The van der Waals surface area contributed by atoms with Gasteiger partial charge >= 0.3 is 0 Å². The Morgan fingerprint density at radius 1 is 1.57 bits per heavy atom. The van der Waals surface area contributed by atoms with Crippen LogP contribution in [0.1, 0.15) is 6.92 Å². The van der Waals surface area contributed by atoms with Gasteiger partial charge < -0.3 is 0 Å². The Kier molecular flexibility index (Phi) is 2.10. The molecule has 0 fully saturated rings. The minimum Gasteiger partial charge on any atom is -0.225 e. The molecule has 0 nitrogen and oxygen atoms in total. The van der Waals surface area contributed by atoms with Crippen LogP contribution in [0.3, 0.4) is 0 Å². The zero-order valence-corrected chi connectivity index (χ0v) is 5.18. The van der Waals surface area contributed by atoms with E-state index in [1.54, 1.807) is 0 Å². The van der Waals surface area contributed by atoms with E-state index in [-0.39, 0.29) is 0 Å². The first-order chi connectivity index (χ1) is 2.94. The standard InChI is InChI=1S/C3H4BrF3/c1-3(4,7)2(5)6/h2H,1H3. The van der Waals surface area contributed by atoms with Crippen LogP contribution in [0, 0.1) is 0 Å². The molecule has 0 saturated heterocycles. The van der Waals surface area contributed by atoms with Gasteiger partial charge in [0, 0.05) is 0 Å². The van der Waals surface area contributed by atoms with Gasteiger partial charge in [-0.05, 0) is 22.9 Å². The predicted octanol–water partition coefficient (Wildman–Crippen LogP) is 2.33. The van der Waals surface area contributed by atoms with Gasteiger partial charge in [-0.3, -0.25) is 0 Å². The average molecular weight is 177 g/mol. The molecule has 7 heavy (non-hydrogen) atoms. The summed E-state index contributed by atoms with van der Waals surface area (Å²) in [5.74, 6) is 0. The van der Waals surface area contributed by atoms with Gasteiger partial charge in [0.15, 0.2) is 0 Å². The lowest BCUT2D eigenvalue weighted by Gasteiger charge is -2.07. The summed E-state index contributed by atoms with van der Waals surface area (Å²) >= 11 is 2.13. The minimum atomic E-state index is -2.95. The first-order valence-electron chi connectivity index (χ1n) is 1.60. The Bertz CT molecular complexity index is 55.7. The summed E-state index contributed by atoms with van der Waals surface area (Å²) in [7, 11) is 0. The van der Waals surface area contributed by atoms with Gasteiger partial charge in [-0.15, -0.1) is 0 Å². The Hall–Kier alpha value is 0.270. The maximum atomic E-state index is 11.7. The number of hydrogen-bond donors (Lipinski definition) is 0. The molecule has 0 aromatic heterocycles. The van der Waals surface area contributed by atoms with Gasteiger partial charge in [0.2, 0.25) is 4.58 Å².